The highest BCUT2D eigenvalue weighted by Gasteiger charge is 2.14. The van der Waals surface area contributed by atoms with Crippen molar-refractivity contribution in [2.45, 2.75) is 13.0 Å². The fraction of sp³-hybridized carbons (Fsp3) is 0.267. The Balaban J connectivity index is 2.54. The van der Waals surface area contributed by atoms with Crippen LogP contribution in [-0.2, 0) is 4.79 Å². The molecule has 0 aromatic heterocycles. The van der Waals surface area contributed by atoms with Crippen molar-refractivity contribution < 1.29 is 9.53 Å². The van der Waals surface area contributed by atoms with Gasteiger partial charge < -0.3 is 15.8 Å². The van der Waals surface area contributed by atoms with Gasteiger partial charge in [-0.25, -0.2) is 0 Å². The van der Waals surface area contributed by atoms with Gasteiger partial charge in [0.05, 0.1) is 0 Å². The molecule has 0 saturated carbocycles. The molecule has 2 rings (SSSR count). The van der Waals surface area contributed by atoms with Gasteiger partial charge in [-0.3, -0.25) is 4.79 Å². The number of rotatable bonds is 5. The molecule has 0 saturated heterocycles. The zero-order chi connectivity index (χ0) is 13.8. The summed E-state index contributed by atoms with van der Waals surface area (Å²) in [6.07, 6.45) is 0. The van der Waals surface area contributed by atoms with E-state index >= 15 is 0 Å². The van der Waals surface area contributed by atoms with Crippen molar-refractivity contribution in [3.63, 3.8) is 0 Å². The molecule has 1 unspecified atom stereocenters. The molecule has 0 heterocycles. The molecule has 0 aliphatic rings. The van der Waals surface area contributed by atoms with Crippen molar-refractivity contribution in [2.75, 3.05) is 13.7 Å². The first-order valence-corrected chi connectivity index (χ1v) is 6.23. The molecule has 2 aromatic carbocycles. The quantitative estimate of drug-likeness (QED) is 0.862. The Morgan fingerprint density at radius 1 is 1.32 bits per heavy atom. The Morgan fingerprint density at radius 2 is 2.05 bits per heavy atom. The SMILES string of the molecule is CNC(C)c1ccc2ccccc2c1OCC(N)=O. The minimum Gasteiger partial charge on any atom is -0.483 e. The molecule has 19 heavy (non-hydrogen) atoms. The molecule has 0 radical (unpaired) electrons. The lowest BCUT2D eigenvalue weighted by atomic mass is 10.0. The predicted molar refractivity (Wildman–Crippen MR) is 76.1 cm³/mol. The van der Waals surface area contributed by atoms with Gasteiger partial charge in [0.1, 0.15) is 5.75 Å². The summed E-state index contributed by atoms with van der Waals surface area (Å²) in [6, 6.07) is 12.1. The first-order chi connectivity index (χ1) is 9.13. The molecule has 1 amide bonds. The summed E-state index contributed by atoms with van der Waals surface area (Å²) in [5.74, 6) is 0.245. The van der Waals surface area contributed by atoms with Crippen LogP contribution in [-0.4, -0.2) is 19.6 Å². The maximum absolute atomic E-state index is 10.9. The van der Waals surface area contributed by atoms with E-state index in [-0.39, 0.29) is 12.6 Å². The van der Waals surface area contributed by atoms with E-state index in [0.29, 0.717) is 0 Å². The number of benzene rings is 2. The van der Waals surface area contributed by atoms with Crippen molar-refractivity contribution in [1.29, 1.82) is 0 Å². The van der Waals surface area contributed by atoms with Gasteiger partial charge in [0.2, 0.25) is 0 Å². The summed E-state index contributed by atoms with van der Waals surface area (Å²) >= 11 is 0. The van der Waals surface area contributed by atoms with Crippen LogP contribution in [0.25, 0.3) is 10.8 Å². The largest absolute Gasteiger partial charge is 0.483 e. The molecular formula is C15H18N2O2. The number of primary amides is 1. The molecule has 0 spiro atoms. The van der Waals surface area contributed by atoms with Crippen molar-refractivity contribution >= 4 is 16.7 Å². The number of fused-ring (bicyclic) bond motifs is 1. The Morgan fingerprint density at radius 3 is 2.74 bits per heavy atom. The standard InChI is InChI=1S/C15H18N2O2/c1-10(17-2)12-8-7-11-5-3-4-6-13(11)15(12)19-9-14(16)18/h3-8,10,17H,9H2,1-2H3,(H2,16,18). The summed E-state index contributed by atoms with van der Waals surface area (Å²) < 4.78 is 5.62. The van der Waals surface area contributed by atoms with E-state index in [4.69, 9.17) is 10.5 Å². The van der Waals surface area contributed by atoms with Gasteiger partial charge in [-0.05, 0) is 19.4 Å². The Kier molecular flexibility index (Phi) is 4.02. The second-order valence-electron chi connectivity index (χ2n) is 4.47. The Labute approximate surface area is 112 Å². The third-order valence-electron chi connectivity index (χ3n) is 3.17. The van der Waals surface area contributed by atoms with Crippen LogP contribution >= 0.6 is 0 Å². The second kappa shape index (κ2) is 5.71. The van der Waals surface area contributed by atoms with Crippen molar-refractivity contribution in [3.8, 4) is 5.75 Å². The summed E-state index contributed by atoms with van der Waals surface area (Å²) in [4.78, 5) is 10.9. The van der Waals surface area contributed by atoms with Crippen LogP contribution in [0.5, 0.6) is 5.75 Å². The maximum Gasteiger partial charge on any atom is 0.255 e. The molecule has 0 aliphatic carbocycles. The highest BCUT2D eigenvalue weighted by atomic mass is 16.5. The van der Waals surface area contributed by atoms with E-state index in [2.05, 4.69) is 11.4 Å². The van der Waals surface area contributed by atoms with Crippen LogP contribution in [0.4, 0.5) is 0 Å². The number of amides is 1. The second-order valence-corrected chi connectivity index (χ2v) is 4.47. The van der Waals surface area contributed by atoms with Crippen molar-refractivity contribution in [1.82, 2.24) is 5.32 Å². The molecule has 0 aliphatic heterocycles. The molecule has 3 N–H and O–H groups in total. The highest BCUT2D eigenvalue weighted by Crippen LogP contribution is 2.33. The molecule has 4 nitrogen and oxygen atoms in total. The van der Waals surface area contributed by atoms with Gasteiger partial charge in [-0.15, -0.1) is 0 Å². The molecule has 2 aromatic rings. The smallest absolute Gasteiger partial charge is 0.255 e. The normalized spacial score (nSPS) is 12.3. The molecule has 4 heteroatoms. The van der Waals surface area contributed by atoms with Gasteiger partial charge in [0.25, 0.3) is 5.91 Å². The van der Waals surface area contributed by atoms with Crippen molar-refractivity contribution in [3.05, 3.63) is 42.0 Å². The van der Waals surface area contributed by atoms with Crippen LogP contribution in [0.1, 0.15) is 18.5 Å². The number of ether oxygens (including phenoxy) is 1. The lowest BCUT2D eigenvalue weighted by Crippen LogP contribution is -2.21. The topological polar surface area (TPSA) is 64.3 Å². The van der Waals surface area contributed by atoms with E-state index in [1.165, 1.54) is 0 Å². The molecule has 0 bridgehead atoms. The van der Waals surface area contributed by atoms with Crippen molar-refractivity contribution in [2.24, 2.45) is 5.73 Å². The lowest BCUT2D eigenvalue weighted by Gasteiger charge is -2.18. The number of hydrogen-bond acceptors (Lipinski definition) is 3. The highest BCUT2D eigenvalue weighted by molar-refractivity contribution is 5.90. The van der Waals surface area contributed by atoms with Gasteiger partial charge in [0, 0.05) is 17.0 Å². The average molecular weight is 258 g/mol. The van der Waals surface area contributed by atoms with Crippen LogP contribution < -0.4 is 15.8 Å². The summed E-state index contributed by atoms with van der Waals surface area (Å²) in [5.41, 5.74) is 6.18. The summed E-state index contributed by atoms with van der Waals surface area (Å²) in [7, 11) is 1.89. The third-order valence-corrected chi connectivity index (χ3v) is 3.17. The van der Waals surface area contributed by atoms with E-state index in [1.807, 2.05) is 44.3 Å². The van der Waals surface area contributed by atoms with Crippen LogP contribution in [0.15, 0.2) is 36.4 Å². The number of nitrogens with one attached hydrogen (secondary N) is 1. The van der Waals surface area contributed by atoms with Gasteiger partial charge >= 0.3 is 0 Å². The van der Waals surface area contributed by atoms with Gasteiger partial charge in [-0.2, -0.15) is 0 Å². The fourth-order valence-corrected chi connectivity index (χ4v) is 2.06. The number of carbonyl (C=O) groups is 1. The van der Waals surface area contributed by atoms with E-state index < -0.39 is 5.91 Å². The fourth-order valence-electron chi connectivity index (χ4n) is 2.06. The zero-order valence-electron chi connectivity index (χ0n) is 11.1. The summed E-state index contributed by atoms with van der Waals surface area (Å²) in [6.45, 7) is 1.93. The Hall–Kier alpha value is -2.07. The lowest BCUT2D eigenvalue weighted by molar-refractivity contribution is -0.119. The number of hydrogen-bond donors (Lipinski definition) is 2. The van der Waals surface area contributed by atoms with Gasteiger partial charge in [0.15, 0.2) is 6.61 Å². The van der Waals surface area contributed by atoms with E-state index in [0.717, 1.165) is 22.1 Å². The maximum atomic E-state index is 10.9. The monoisotopic (exact) mass is 258 g/mol. The molecule has 1 atom stereocenters. The zero-order valence-corrected chi connectivity index (χ0v) is 11.1. The van der Waals surface area contributed by atoms with E-state index in [9.17, 15) is 4.79 Å². The molecule has 100 valence electrons. The minimum absolute atomic E-state index is 0.114. The number of carbonyl (C=O) groups excluding carboxylic acids is 1. The predicted octanol–water partition coefficient (Wildman–Crippen LogP) is 1.98. The van der Waals surface area contributed by atoms with E-state index in [1.54, 1.807) is 0 Å². The third kappa shape index (κ3) is 2.85. The Bertz CT molecular complexity index is 596. The molecule has 0 fully saturated rings. The molecular weight excluding hydrogens is 240 g/mol. The van der Waals surface area contributed by atoms with Crippen LogP contribution in [0.3, 0.4) is 0 Å². The van der Waals surface area contributed by atoms with Crippen LogP contribution in [0, 0.1) is 0 Å². The average Bonchev–Trinajstić information content (AvgIpc) is 2.43. The summed E-state index contributed by atoms with van der Waals surface area (Å²) in [5, 5.41) is 5.24. The van der Waals surface area contributed by atoms with Crippen LogP contribution in [0.2, 0.25) is 0 Å². The first-order valence-electron chi connectivity index (χ1n) is 6.23. The van der Waals surface area contributed by atoms with Gasteiger partial charge in [-0.1, -0.05) is 36.4 Å². The minimum atomic E-state index is -0.476. The first kappa shape index (κ1) is 13.4. The number of nitrogens with two attached hydrogens (primary N) is 1.